The molecule has 1 amide bonds. The van der Waals surface area contributed by atoms with Crippen molar-refractivity contribution < 1.29 is 33.3 Å². The van der Waals surface area contributed by atoms with Crippen molar-refractivity contribution in [3.05, 3.63) is 59.9 Å². The number of hydrogen-bond donors (Lipinski definition) is 3. The van der Waals surface area contributed by atoms with Gasteiger partial charge in [-0.15, -0.1) is 0 Å². The highest BCUT2D eigenvalue weighted by atomic mass is 19.2. The lowest BCUT2D eigenvalue weighted by Gasteiger charge is -2.10. The second kappa shape index (κ2) is 7.24. The van der Waals surface area contributed by atoms with Crippen LogP contribution in [0.2, 0.25) is 0 Å². The van der Waals surface area contributed by atoms with Gasteiger partial charge in [-0.1, -0.05) is 0 Å². The number of aromatic hydroxyl groups is 1. The first kappa shape index (κ1) is 18.1. The highest BCUT2D eigenvalue weighted by molar-refractivity contribution is 6.02. The standard InChI is InChI=1S/C18H12F2N2O5/c19-13-4-2-11(6-14(13)20)27-10-1-3-12-9(5-10)7-21-16(17(12)25)18(26)22-8-15(23)24/h1-7,25H,8H2,(H,22,26)(H,23,24). The van der Waals surface area contributed by atoms with Crippen molar-refractivity contribution in [1.82, 2.24) is 10.3 Å². The molecule has 7 nitrogen and oxygen atoms in total. The molecule has 0 saturated heterocycles. The van der Waals surface area contributed by atoms with Crippen LogP contribution in [-0.2, 0) is 4.79 Å². The minimum Gasteiger partial charge on any atom is -0.505 e. The van der Waals surface area contributed by atoms with Gasteiger partial charge in [-0.25, -0.2) is 13.8 Å². The molecule has 0 aliphatic rings. The number of halogens is 2. The first-order chi connectivity index (χ1) is 12.8. The van der Waals surface area contributed by atoms with E-state index in [4.69, 9.17) is 9.84 Å². The molecule has 0 aliphatic heterocycles. The third-order valence-electron chi connectivity index (χ3n) is 3.58. The second-order valence-corrected chi connectivity index (χ2v) is 5.46. The zero-order valence-electron chi connectivity index (χ0n) is 13.6. The molecule has 0 saturated carbocycles. The quantitative estimate of drug-likeness (QED) is 0.634. The molecule has 9 heteroatoms. The summed E-state index contributed by atoms with van der Waals surface area (Å²) in [5, 5.41) is 21.6. The number of pyridine rings is 1. The van der Waals surface area contributed by atoms with Gasteiger partial charge in [0, 0.05) is 23.0 Å². The maximum absolute atomic E-state index is 13.2. The average molecular weight is 374 g/mol. The van der Waals surface area contributed by atoms with E-state index in [1.165, 1.54) is 30.5 Å². The van der Waals surface area contributed by atoms with E-state index in [0.29, 0.717) is 5.39 Å². The molecule has 138 valence electrons. The van der Waals surface area contributed by atoms with E-state index in [0.717, 1.165) is 12.1 Å². The van der Waals surface area contributed by atoms with Crippen LogP contribution >= 0.6 is 0 Å². The lowest BCUT2D eigenvalue weighted by atomic mass is 10.1. The fraction of sp³-hybridized carbons (Fsp3) is 0.0556. The van der Waals surface area contributed by atoms with Gasteiger partial charge in [0.25, 0.3) is 5.91 Å². The molecule has 3 aromatic rings. The minimum absolute atomic E-state index is 0.0788. The first-order valence-corrected chi connectivity index (χ1v) is 7.60. The third kappa shape index (κ3) is 3.92. The minimum atomic E-state index is -1.23. The number of carboxylic acid groups (broad SMARTS) is 1. The molecule has 1 heterocycles. The van der Waals surface area contributed by atoms with Gasteiger partial charge in [-0.3, -0.25) is 9.59 Å². The van der Waals surface area contributed by atoms with E-state index in [-0.39, 0.29) is 22.6 Å². The van der Waals surface area contributed by atoms with Crippen molar-refractivity contribution in [1.29, 1.82) is 0 Å². The van der Waals surface area contributed by atoms with Crippen LogP contribution in [0.3, 0.4) is 0 Å². The summed E-state index contributed by atoms with van der Waals surface area (Å²) in [5.74, 6) is -4.18. The molecule has 0 unspecified atom stereocenters. The van der Waals surface area contributed by atoms with Crippen LogP contribution in [0.4, 0.5) is 8.78 Å². The van der Waals surface area contributed by atoms with Crippen LogP contribution in [0.15, 0.2) is 42.6 Å². The Labute approximate surface area is 150 Å². The summed E-state index contributed by atoms with van der Waals surface area (Å²) in [5.41, 5.74) is -0.321. The Hall–Kier alpha value is -3.75. The van der Waals surface area contributed by atoms with E-state index >= 15 is 0 Å². The molecular formula is C18H12F2N2O5. The number of nitrogens with one attached hydrogen (secondary N) is 1. The molecule has 0 bridgehead atoms. The third-order valence-corrected chi connectivity index (χ3v) is 3.58. The van der Waals surface area contributed by atoms with Gasteiger partial charge in [0.1, 0.15) is 18.0 Å². The van der Waals surface area contributed by atoms with Crippen molar-refractivity contribution in [3.8, 4) is 17.2 Å². The summed E-state index contributed by atoms with van der Waals surface area (Å²) in [7, 11) is 0. The zero-order chi connectivity index (χ0) is 19.6. The number of aromatic nitrogens is 1. The van der Waals surface area contributed by atoms with Crippen LogP contribution in [-0.4, -0.2) is 33.6 Å². The highest BCUT2D eigenvalue weighted by Crippen LogP contribution is 2.31. The Balaban J connectivity index is 1.88. The number of carboxylic acids is 1. The molecule has 27 heavy (non-hydrogen) atoms. The topological polar surface area (TPSA) is 109 Å². The molecule has 1 aromatic heterocycles. The second-order valence-electron chi connectivity index (χ2n) is 5.46. The predicted octanol–water partition coefficient (Wildman–Crippen LogP) is 2.83. The number of rotatable bonds is 5. The van der Waals surface area contributed by atoms with E-state index in [1.807, 2.05) is 0 Å². The van der Waals surface area contributed by atoms with Gasteiger partial charge in [0.15, 0.2) is 23.1 Å². The van der Waals surface area contributed by atoms with E-state index < -0.39 is 35.8 Å². The van der Waals surface area contributed by atoms with Crippen LogP contribution in [0, 0.1) is 11.6 Å². The Bertz CT molecular complexity index is 1060. The number of benzene rings is 2. The van der Waals surface area contributed by atoms with Gasteiger partial charge in [-0.2, -0.15) is 0 Å². The number of carbonyl (C=O) groups is 2. The normalized spacial score (nSPS) is 10.6. The van der Waals surface area contributed by atoms with Gasteiger partial charge in [-0.05, 0) is 30.3 Å². The summed E-state index contributed by atoms with van der Waals surface area (Å²) < 4.78 is 31.7. The number of hydrogen-bond acceptors (Lipinski definition) is 5. The molecule has 3 rings (SSSR count). The summed E-state index contributed by atoms with van der Waals surface area (Å²) >= 11 is 0. The predicted molar refractivity (Wildman–Crippen MR) is 89.8 cm³/mol. The number of nitrogens with zero attached hydrogens (tertiary/aromatic N) is 1. The fourth-order valence-corrected chi connectivity index (χ4v) is 2.33. The number of amides is 1. The maximum Gasteiger partial charge on any atom is 0.322 e. The van der Waals surface area contributed by atoms with Crippen molar-refractivity contribution in [2.45, 2.75) is 0 Å². The van der Waals surface area contributed by atoms with Crippen molar-refractivity contribution in [2.24, 2.45) is 0 Å². The molecule has 2 aromatic carbocycles. The summed E-state index contributed by atoms with van der Waals surface area (Å²) in [6, 6.07) is 7.49. The maximum atomic E-state index is 13.2. The molecule has 0 radical (unpaired) electrons. The van der Waals surface area contributed by atoms with E-state index in [2.05, 4.69) is 10.3 Å². The van der Waals surface area contributed by atoms with Crippen LogP contribution < -0.4 is 10.1 Å². The fourth-order valence-electron chi connectivity index (χ4n) is 2.33. The Morgan fingerprint density at radius 2 is 1.78 bits per heavy atom. The zero-order valence-corrected chi connectivity index (χ0v) is 13.6. The number of ether oxygens (including phenoxy) is 1. The van der Waals surface area contributed by atoms with E-state index in [1.54, 1.807) is 0 Å². The van der Waals surface area contributed by atoms with Crippen LogP contribution in [0.25, 0.3) is 10.8 Å². The lowest BCUT2D eigenvalue weighted by molar-refractivity contribution is -0.135. The molecular weight excluding hydrogens is 362 g/mol. The largest absolute Gasteiger partial charge is 0.505 e. The van der Waals surface area contributed by atoms with Crippen molar-refractivity contribution in [2.75, 3.05) is 6.54 Å². The van der Waals surface area contributed by atoms with Gasteiger partial charge >= 0.3 is 5.97 Å². The van der Waals surface area contributed by atoms with Crippen LogP contribution in [0.5, 0.6) is 17.2 Å². The SMILES string of the molecule is O=C(O)CNC(=O)c1ncc2cc(Oc3ccc(F)c(F)c3)ccc2c1O. The Morgan fingerprint density at radius 1 is 1.07 bits per heavy atom. The van der Waals surface area contributed by atoms with Crippen LogP contribution in [0.1, 0.15) is 10.5 Å². The summed E-state index contributed by atoms with van der Waals surface area (Å²) in [4.78, 5) is 26.2. The number of fused-ring (bicyclic) bond motifs is 1. The molecule has 0 spiro atoms. The van der Waals surface area contributed by atoms with Gasteiger partial charge in [0.05, 0.1) is 0 Å². The lowest BCUT2D eigenvalue weighted by Crippen LogP contribution is -2.29. The monoisotopic (exact) mass is 374 g/mol. The van der Waals surface area contributed by atoms with Crippen molar-refractivity contribution >= 4 is 22.6 Å². The van der Waals surface area contributed by atoms with Crippen molar-refractivity contribution in [3.63, 3.8) is 0 Å². The average Bonchev–Trinajstić information content (AvgIpc) is 2.63. The summed E-state index contributed by atoms with van der Waals surface area (Å²) in [6.45, 7) is -0.612. The summed E-state index contributed by atoms with van der Waals surface area (Å²) in [6.07, 6.45) is 1.29. The molecule has 3 N–H and O–H groups in total. The molecule has 0 atom stereocenters. The highest BCUT2D eigenvalue weighted by Gasteiger charge is 2.17. The number of carbonyl (C=O) groups excluding carboxylic acids is 1. The Morgan fingerprint density at radius 3 is 2.48 bits per heavy atom. The smallest absolute Gasteiger partial charge is 0.322 e. The molecule has 0 aliphatic carbocycles. The van der Waals surface area contributed by atoms with Gasteiger partial charge < -0.3 is 20.3 Å². The number of aliphatic carboxylic acids is 1. The Kier molecular flexibility index (Phi) is 4.84. The van der Waals surface area contributed by atoms with Gasteiger partial charge in [0.2, 0.25) is 0 Å². The van der Waals surface area contributed by atoms with E-state index in [9.17, 15) is 23.5 Å². The molecule has 0 fully saturated rings. The first-order valence-electron chi connectivity index (χ1n) is 7.60.